The standard InChI is InChI=1S/C57H38BN5/c1-7-19-39(20-8-1)43-31-34-48-51(37-43)62(45-27-15-5-16-28-45)50-36-33-47(57-60-55(41-23-11-3-12-24-41)59-56(61-57)42-25-13-4-14-26-42)54-53(50)58(48)49-35-32-44(40-21-9-2-10-22-40)38-52(49)63(54)46-29-17-6-18-30-46/h1-38H. The minimum absolute atomic E-state index is 0.112. The number of rotatable bonds is 7. The molecule has 2 aliphatic rings. The molecule has 12 rings (SSSR count). The molecule has 0 spiro atoms. The van der Waals surface area contributed by atoms with E-state index in [2.05, 4.69) is 204 Å². The third-order valence-corrected chi connectivity index (χ3v) is 12.3. The van der Waals surface area contributed by atoms with E-state index in [1.165, 1.54) is 27.5 Å². The molecule has 0 saturated heterocycles. The zero-order chi connectivity index (χ0) is 41.7. The molecule has 6 heteroatoms. The average molecular weight is 804 g/mol. The van der Waals surface area contributed by atoms with E-state index in [0.717, 1.165) is 61.9 Å². The highest BCUT2D eigenvalue weighted by Gasteiger charge is 2.45. The van der Waals surface area contributed by atoms with Gasteiger partial charge in [0.15, 0.2) is 17.5 Å². The number of anilines is 6. The fourth-order valence-electron chi connectivity index (χ4n) is 9.44. The molecule has 3 heterocycles. The smallest absolute Gasteiger partial charge is 0.252 e. The van der Waals surface area contributed by atoms with Crippen molar-refractivity contribution in [1.29, 1.82) is 0 Å². The Labute approximate surface area is 367 Å². The third-order valence-electron chi connectivity index (χ3n) is 12.3. The number of hydrogen-bond donors (Lipinski definition) is 0. The summed E-state index contributed by atoms with van der Waals surface area (Å²) in [4.78, 5) is 20.7. The number of benzene rings is 9. The Morgan fingerprint density at radius 1 is 0.302 bits per heavy atom. The maximum absolute atomic E-state index is 5.36. The van der Waals surface area contributed by atoms with Gasteiger partial charge in [0.05, 0.1) is 5.69 Å². The van der Waals surface area contributed by atoms with E-state index >= 15 is 0 Å². The highest BCUT2D eigenvalue weighted by Crippen LogP contribution is 2.48. The van der Waals surface area contributed by atoms with E-state index in [0.29, 0.717) is 17.5 Å². The predicted molar refractivity (Wildman–Crippen MR) is 261 cm³/mol. The zero-order valence-electron chi connectivity index (χ0n) is 34.3. The topological polar surface area (TPSA) is 45.2 Å². The van der Waals surface area contributed by atoms with E-state index in [1.54, 1.807) is 0 Å². The van der Waals surface area contributed by atoms with Gasteiger partial charge in [-0.05, 0) is 87.2 Å². The molecule has 294 valence electrons. The lowest BCUT2D eigenvalue weighted by Gasteiger charge is -2.45. The lowest BCUT2D eigenvalue weighted by atomic mass is 9.33. The molecule has 0 radical (unpaired) electrons. The van der Waals surface area contributed by atoms with Crippen LogP contribution in [0, 0.1) is 0 Å². The van der Waals surface area contributed by atoms with Gasteiger partial charge in [0, 0.05) is 45.1 Å². The van der Waals surface area contributed by atoms with Gasteiger partial charge in [0.1, 0.15) is 0 Å². The zero-order valence-corrected chi connectivity index (χ0v) is 34.3. The van der Waals surface area contributed by atoms with Gasteiger partial charge in [-0.3, -0.25) is 0 Å². The Balaban J connectivity index is 1.20. The van der Waals surface area contributed by atoms with Crippen LogP contribution in [0.3, 0.4) is 0 Å². The van der Waals surface area contributed by atoms with Gasteiger partial charge < -0.3 is 9.80 Å². The van der Waals surface area contributed by atoms with Crippen LogP contribution < -0.4 is 26.2 Å². The summed E-state index contributed by atoms with van der Waals surface area (Å²) in [6, 6.07) is 81.9. The fourth-order valence-corrected chi connectivity index (χ4v) is 9.44. The fraction of sp³-hybridized carbons (Fsp3) is 0. The first-order valence-corrected chi connectivity index (χ1v) is 21.4. The first-order valence-electron chi connectivity index (χ1n) is 21.4. The summed E-state index contributed by atoms with van der Waals surface area (Å²) in [6.45, 7) is -0.112. The molecule has 1 aromatic heterocycles. The quantitative estimate of drug-likeness (QED) is 0.150. The minimum atomic E-state index is -0.112. The SMILES string of the molecule is c1ccc(-c2ccc3c(c2)N(c2ccccc2)c2ccc(-c4nc(-c5ccccc5)nc(-c5ccccc5)n4)c4c2B3c2ccc(-c3ccccc3)cc2N4c2ccccc2)cc1. The molecule has 9 aromatic carbocycles. The number of hydrogen-bond acceptors (Lipinski definition) is 5. The monoisotopic (exact) mass is 803 g/mol. The summed E-state index contributed by atoms with van der Waals surface area (Å²) >= 11 is 0. The van der Waals surface area contributed by atoms with E-state index in [9.17, 15) is 0 Å². The van der Waals surface area contributed by atoms with Gasteiger partial charge in [-0.1, -0.05) is 182 Å². The van der Waals surface area contributed by atoms with Crippen molar-refractivity contribution in [1.82, 2.24) is 15.0 Å². The van der Waals surface area contributed by atoms with Crippen molar-refractivity contribution < 1.29 is 0 Å². The summed E-state index contributed by atoms with van der Waals surface area (Å²) in [5.74, 6) is 1.86. The van der Waals surface area contributed by atoms with Crippen LogP contribution >= 0.6 is 0 Å². The van der Waals surface area contributed by atoms with Crippen LogP contribution in [-0.4, -0.2) is 21.7 Å². The van der Waals surface area contributed by atoms with Crippen molar-refractivity contribution in [3.8, 4) is 56.4 Å². The van der Waals surface area contributed by atoms with E-state index in [1.807, 2.05) is 36.4 Å². The van der Waals surface area contributed by atoms with Crippen molar-refractivity contribution in [2.24, 2.45) is 0 Å². The Kier molecular flexibility index (Phi) is 8.86. The maximum atomic E-state index is 5.36. The Hall–Kier alpha value is -8.35. The predicted octanol–water partition coefficient (Wildman–Crippen LogP) is 12.3. The molecule has 0 saturated carbocycles. The Bertz CT molecular complexity index is 3210. The number of aromatic nitrogens is 3. The second-order valence-corrected chi connectivity index (χ2v) is 16.0. The van der Waals surface area contributed by atoms with Crippen LogP contribution in [-0.2, 0) is 0 Å². The maximum Gasteiger partial charge on any atom is 0.252 e. The van der Waals surface area contributed by atoms with Crippen molar-refractivity contribution >= 4 is 57.2 Å². The van der Waals surface area contributed by atoms with Gasteiger partial charge >= 0.3 is 0 Å². The van der Waals surface area contributed by atoms with E-state index in [4.69, 9.17) is 15.0 Å². The molecule has 0 amide bonds. The highest BCUT2D eigenvalue weighted by molar-refractivity contribution is 7.00. The van der Waals surface area contributed by atoms with Crippen molar-refractivity contribution in [3.63, 3.8) is 0 Å². The molecule has 0 unspecified atom stereocenters. The molecule has 0 aliphatic carbocycles. The van der Waals surface area contributed by atoms with Crippen molar-refractivity contribution in [3.05, 3.63) is 231 Å². The van der Waals surface area contributed by atoms with Crippen LogP contribution in [0.5, 0.6) is 0 Å². The Morgan fingerprint density at radius 2 is 0.698 bits per heavy atom. The van der Waals surface area contributed by atoms with Gasteiger partial charge in [-0.15, -0.1) is 0 Å². The first-order chi connectivity index (χ1) is 31.3. The van der Waals surface area contributed by atoms with Crippen molar-refractivity contribution in [2.75, 3.05) is 9.80 Å². The lowest BCUT2D eigenvalue weighted by Crippen LogP contribution is -2.61. The van der Waals surface area contributed by atoms with E-state index in [-0.39, 0.29) is 6.71 Å². The molecule has 63 heavy (non-hydrogen) atoms. The summed E-state index contributed by atoms with van der Waals surface area (Å²) in [6.07, 6.45) is 0. The molecule has 0 fully saturated rings. The third kappa shape index (κ3) is 6.31. The Morgan fingerprint density at radius 3 is 1.17 bits per heavy atom. The molecule has 5 nitrogen and oxygen atoms in total. The molecule has 0 bridgehead atoms. The number of nitrogens with zero attached hydrogens (tertiary/aromatic N) is 5. The van der Waals surface area contributed by atoms with Gasteiger partial charge in [-0.25, -0.2) is 15.0 Å². The second-order valence-electron chi connectivity index (χ2n) is 16.0. The number of fused-ring (bicyclic) bond motifs is 4. The van der Waals surface area contributed by atoms with Crippen LogP contribution in [0.15, 0.2) is 231 Å². The summed E-state index contributed by atoms with van der Waals surface area (Å²) < 4.78 is 0. The molecular weight excluding hydrogens is 765 g/mol. The molecule has 0 N–H and O–H groups in total. The highest BCUT2D eigenvalue weighted by atomic mass is 15.2. The van der Waals surface area contributed by atoms with Crippen molar-refractivity contribution in [2.45, 2.75) is 0 Å². The van der Waals surface area contributed by atoms with Gasteiger partial charge in [0.2, 0.25) is 0 Å². The molecular formula is C57H38BN5. The van der Waals surface area contributed by atoms with Gasteiger partial charge in [-0.2, -0.15) is 0 Å². The molecule has 2 aliphatic heterocycles. The molecule has 10 aromatic rings. The van der Waals surface area contributed by atoms with Crippen LogP contribution in [0.4, 0.5) is 34.1 Å². The van der Waals surface area contributed by atoms with Gasteiger partial charge in [0.25, 0.3) is 6.71 Å². The lowest BCUT2D eigenvalue weighted by molar-refractivity contribution is 1.07. The van der Waals surface area contributed by atoms with Crippen LogP contribution in [0.1, 0.15) is 0 Å². The van der Waals surface area contributed by atoms with E-state index < -0.39 is 0 Å². The minimum Gasteiger partial charge on any atom is -0.311 e. The summed E-state index contributed by atoms with van der Waals surface area (Å²) in [7, 11) is 0. The second kappa shape index (κ2) is 15.3. The molecule has 0 atom stereocenters. The van der Waals surface area contributed by atoms with Crippen LogP contribution in [0.25, 0.3) is 56.4 Å². The summed E-state index contributed by atoms with van der Waals surface area (Å²) in [5.41, 5.74) is 17.7. The first kappa shape index (κ1) is 36.5. The summed E-state index contributed by atoms with van der Waals surface area (Å²) in [5, 5.41) is 0. The van der Waals surface area contributed by atoms with Crippen LogP contribution in [0.2, 0.25) is 0 Å². The normalized spacial score (nSPS) is 12.3. The number of para-hydroxylation sites is 2. The average Bonchev–Trinajstić information content (AvgIpc) is 3.37. The largest absolute Gasteiger partial charge is 0.311 e.